The van der Waals surface area contributed by atoms with Crippen LogP contribution in [0, 0.1) is 13.8 Å². The van der Waals surface area contributed by atoms with Crippen molar-refractivity contribution in [2.45, 2.75) is 46.1 Å². The molecule has 1 amide bonds. The van der Waals surface area contributed by atoms with Gasteiger partial charge < -0.3 is 10.1 Å². The van der Waals surface area contributed by atoms with Crippen LogP contribution in [-0.2, 0) is 14.3 Å². The zero-order valence-electron chi connectivity index (χ0n) is 15.2. The van der Waals surface area contributed by atoms with Crippen molar-refractivity contribution in [3.8, 4) is 0 Å². The van der Waals surface area contributed by atoms with Crippen LogP contribution < -0.4 is 5.32 Å². The Hall–Kier alpha value is -2.62. The van der Waals surface area contributed by atoms with E-state index < -0.39 is 6.10 Å². The van der Waals surface area contributed by atoms with Crippen LogP contribution in [0.1, 0.15) is 42.9 Å². The molecule has 132 valence electrons. The van der Waals surface area contributed by atoms with Crippen molar-refractivity contribution in [2.24, 2.45) is 0 Å². The molecule has 2 unspecified atom stereocenters. The average Bonchev–Trinajstić information content (AvgIpc) is 2.59. The van der Waals surface area contributed by atoms with E-state index in [0.717, 1.165) is 22.4 Å². The zero-order chi connectivity index (χ0) is 18.4. The summed E-state index contributed by atoms with van der Waals surface area (Å²) >= 11 is 0. The van der Waals surface area contributed by atoms with E-state index in [1.54, 1.807) is 6.92 Å². The number of hydrogen-bond donors (Lipinski definition) is 1. The minimum Gasteiger partial charge on any atom is -0.452 e. The van der Waals surface area contributed by atoms with Crippen molar-refractivity contribution in [2.75, 3.05) is 5.32 Å². The number of rotatable bonds is 6. The second-order valence-corrected chi connectivity index (χ2v) is 6.26. The first-order valence-corrected chi connectivity index (χ1v) is 8.56. The molecule has 2 aromatic carbocycles. The van der Waals surface area contributed by atoms with E-state index in [1.165, 1.54) is 0 Å². The standard InChI is InChI=1S/C21H25NO3/c1-5-18(17-9-7-6-8-10-17)21(24)25-16(4)20(23)22-19-13-14(2)11-12-15(19)3/h6-13,16,18H,5H2,1-4H3,(H,22,23). The molecule has 0 fully saturated rings. The Balaban J connectivity index is 2.02. The van der Waals surface area contributed by atoms with Gasteiger partial charge in [0.25, 0.3) is 5.91 Å². The number of anilines is 1. The van der Waals surface area contributed by atoms with E-state index in [-0.39, 0.29) is 17.8 Å². The molecule has 25 heavy (non-hydrogen) atoms. The summed E-state index contributed by atoms with van der Waals surface area (Å²) in [5.41, 5.74) is 3.66. The number of esters is 1. The number of aryl methyl sites for hydroxylation is 2. The van der Waals surface area contributed by atoms with Gasteiger partial charge in [-0.2, -0.15) is 0 Å². The largest absolute Gasteiger partial charge is 0.452 e. The summed E-state index contributed by atoms with van der Waals surface area (Å²) in [7, 11) is 0. The quantitative estimate of drug-likeness (QED) is 0.795. The maximum Gasteiger partial charge on any atom is 0.314 e. The Morgan fingerprint density at radius 2 is 1.76 bits per heavy atom. The molecule has 0 aliphatic heterocycles. The van der Waals surface area contributed by atoms with Crippen molar-refractivity contribution in [3.63, 3.8) is 0 Å². The minimum absolute atomic E-state index is 0.329. The Labute approximate surface area is 149 Å². The first-order chi connectivity index (χ1) is 11.9. The van der Waals surface area contributed by atoms with Gasteiger partial charge in [-0.15, -0.1) is 0 Å². The van der Waals surface area contributed by atoms with E-state index in [0.29, 0.717) is 6.42 Å². The highest BCUT2D eigenvalue weighted by atomic mass is 16.5. The van der Waals surface area contributed by atoms with Gasteiger partial charge in [-0.05, 0) is 49.9 Å². The van der Waals surface area contributed by atoms with Gasteiger partial charge in [0.2, 0.25) is 0 Å². The molecular weight excluding hydrogens is 314 g/mol. The molecule has 1 N–H and O–H groups in total. The molecule has 0 saturated carbocycles. The van der Waals surface area contributed by atoms with Crippen molar-refractivity contribution in [1.29, 1.82) is 0 Å². The summed E-state index contributed by atoms with van der Waals surface area (Å²) < 4.78 is 5.41. The fourth-order valence-electron chi connectivity index (χ4n) is 2.64. The summed E-state index contributed by atoms with van der Waals surface area (Å²) in [5.74, 6) is -1.07. The molecule has 0 saturated heterocycles. The van der Waals surface area contributed by atoms with Crippen LogP contribution in [0.5, 0.6) is 0 Å². The molecule has 0 radical (unpaired) electrons. The summed E-state index contributed by atoms with van der Waals surface area (Å²) in [4.78, 5) is 24.8. The molecule has 2 atom stereocenters. The Kier molecular flexibility index (Phi) is 6.34. The lowest BCUT2D eigenvalue weighted by Gasteiger charge is -2.19. The van der Waals surface area contributed by atoms with E-state index in [9.17, 15) is 9.59 Å². The average molecular weight is 339 g/mol. The van der Waals surface area contributed by atoms with Gasteiger partial charge in [0, 0.05) is 5.69 Å². The van der Waals surface area contributed by atoms with Crippen LogP contribution in [0.4, 0.5) is 5.69 Å². The number of amides is 1. The summed E-state index contributed by atoms with van der Waals surface area (Å²) in [5, 5.41) is 2.84. The topological polar surface area (TPSA) is 55.4 Å². The van der Waals surface area contributed by atoms with Gasteiger partial charge in [-0.1, -0.05) is 49.4 Å². The fourth-order valence-corrected chi connectivity index (χ4v) is 2.64. The molecular formula is C21H25NO3. The predicted octanol–water partition coefficient (Wildman–Crippen LogP) is 4.37. The van der Waals surface area contributed by atoms with E-state index >= 15 is 0 Å². The van der Waals surface area contributed by atoms with E-state index in [4.69, 9.17) is 4.74 Å². The number of ether oxygens (including phenoxy) is 1. The molecule has 0 aliphatic carbocycles. The van der Waals surface area contributed by atoms with Crippen molar-refractivity contribution in [3.05, 3.63) is 65.2 Å². The predicted molar refractivity (Wildman–Crippen MR) is 99.6 cm³/mol. The summed E-state index contributed by atoms with van der Waals surface area (Å²) in [6, 6.07) is 15.3. The molecule has 2 aromatic rings. The normalized spacial score (nSPS) is 13.0. The first-order valence-electron chi connectivity index (χ1n) is 8.56. The second-order valence-electron chi connectivity index (χ2n) is 6.26. The SMILES string of the molecule is CCC(C(=O)OC(C)C(=O)Nc1cc(C)ccc1C)c1ccccc1. The number of carbonyl (C=O) groups is 2. The summed E-state index contributed by atoms with van der Waals surface area (Å²) in [6.07, 6.45) is -0.237. The van der Waals surface area contributed by atoms with Gasteiger partial charge in [0.05, 0.1) is 5.92 Å². The monoisotopic (exact) mass is 339 g/mol. The van der Waals surface area contributed by atoms with Crippen LogP contribution in [0.15, 0.2) is 48.5 Å². The smallest absolute Gasteiger partial charge is 0.314 e. The maximum atomic E-state index is 12.5. The van der Waals surface area contributed by atoms with E-state index in [2.05, 4.69) is 5.32 Å². The third-order valence-corrected chi connectivity index (χ3v) is 4.21. The Morgan fingerprint density at radius 1 is 1.08 bits per heavy atom. The lowest BCUT2D eigenvalue weighted by molar-refractivity contribution is -0.154. The minimum atomic E-state index is -0.856. The Bertz CT molecular complexity index is 740. The van der Waals surface area contributed by atoms with Crippen LogP contribution in [0.25, 0.3) is 0 Å². The fraction of sp³-hybridized carbons (Fsp3) is 0.333. The van der Waals surface area contributed by atoms with Crippen LogP contribution in [0.3, 0.4) is 0 Å². The van der Waals surface area contributed by atoms with Gasteiger partial charge in [0.1, 0.15) is 0 Å². The molecule has 0 spiro atoms. The molecule has 4 heteroatoms. The molecule has 0 heterocycles. The molecule has 0 aromatic heterocycles. The first kappa shape index (κ1) is 18.7. The van der Waals surface area contributed by atoms with Crippen LogP contribution in [0.2, 0.25) is 0 Å². The molecule has 4 nitrogen and oxygen atoms in total. The highest BCUT2D eigenvalue weighted by Crippen LogP contribution is 2.22. The number of hydrogen-bond acceptors (Lipinski definition) is 3. The van der Waals surface area contributed by atoms with Crippen molar-refractivity contribution in [1.82, 2.24) is 0 Å². The zero-order valence-corrected chi connectivity index (χ0v) is 15.2. The van der Waals surface area contributed by atoms with E-state index in [1.807, 2.05) is 69.3 Å². The lowest BCUT2D eigenvalue weighted by Crippen LogP contribution is -2.32. The Morgan fingerprint density at radius 3 is 2.40 bits per heavy atom. The number of carbonyl (C=O) groups excluding carboxylic acids is 2. The van der Waals surface area contributed by atoms with Crippen LogP contribution >= 0.6 is 0 Å². The number of nitrogens with one attached hydrogen (secondary N) is 1. The van der Waals surface area contributed by atoms with Gasteiger partial charge in [-0.3, -0.25) is 9.59 Å². The van der Waals surface area contributed by atoms with Crippen molar-refractivity contribution >= 4 is 17.6 Å². The van der Waals surface area contributed by atoms with Gasteiger partial charge in [-0.25, -0.2) is 0 Å². The van der Waals surface area contributed by atoms with Crippen molar-refractivity contribution < 1.29 is 14.3 Å². The molecule has 2 rings (SSSR count). The maximum absolute atomic E-state index is 12.5. The highest BCUT2D eigenvalue weighted by Gasteiger charge is 2.25. The summed E-state index contributed by atoms with van der Waals surface area (Å²) in [6.45, 7) is 7.41. The van der Waals surface area contributed by atoms with Gasteiger partial charge >= 0.3 is 5.97 Å². The van der Waals surface area contributed by atoms with Crippen LogP contribution in [-0.4, -0.2) is 18.0 Å². The second kappa shape index (κ2) is 8.47. The highest BCUT2D eigenvalue weighted by molar-refractivity contribution is 5.96. The number of benzene rings is 2. The van der Waals surface area contributed by atoms with Gasteiger partial charge in [0.15, 0.2) is 6.10 Å². The third kappa shape index (κ3) is 4.92. The third-order valence-electron chi connectivity index (χ3n) is 4.21. The lowest BCUT2D eigenvalue weighted by atomic mass is 9.97. The molecule has 0 bridgehead atoms. The molecule has 0 aliphatic rings.